The topological polar surface area (TPSA) is 93.9 Å². The number of hydrogen-bond acceptors (Lipinski definition) is 6. The van der Waals surface area contributed by atoms with Gasteiger partial charge in [-0.3, -0.25) is 9.48 Å². The van der Waals surface area contributed by atoms with Crippen molar-refractivity contribution in [3.63, 3.8) is 0 Å². The number of likely N-dealkylation sites (tertiary alicyclic amines) is 1. The number of carbonyl (C=O) groups excluding carboxylic acids is 2. The van der Waals surface area contributed by atoms with Crippen molar-refractivity contribution in [2.75, 3.05) is 19.7 Å². The largest absolute Gasteiger partial charge is 0.465 e. The van der Waals surface area contributed by atoms with Crippen LogP contribution in [0.15, 0.2) is 30.3 Å². The molecule has 190 valence electrons. The van der Waals surface area contributed by atoms with E-state index < -0.39 is 29.2 Å². The number of carbonyl (C=O) groups is 2. The van der Waals surface area contributed by atoms with Crippen LogP contribution in [0.25, 0.3) is 0 Å². The molecule has 1 unspecified atom stereocenters. The summed E-state index contributed by atoms with van der Waals surface area (Å²) in [7, 11) is 0. The molecule has 1 atom stereocenters. The van der Waals surface area contributed by atoms with Crippen LogP contribution in [0.4, 0.5) is 4.79 Å². The van der Waals surface area contributed by atoms with Crippen molar-refractivity contribution in [1.82, 2.24) is 14.7 Å². The molecule has 1 saturated heterocycles. The van der Waals surface area contributed by atoms with E-state index in [4.69, 9.17) is 14.6 Å². The molecule has 1 amide bonds. The van der Waals surface area contributed by atoms with Crippen LogP contribution in [0.1, 0.15) is 75.6 Å². The lowest BCUT2D eigenvalue weighted by Crippen LogP contribution is -2.51. The molecule has 0 spiro atoms. The standard InChI is InChI=1S/C27H37N3O5/c1-5-34-24(32)27(14-16-29(17-15-27)25(33)35-26(2,3)4)23(31)22-20-12-9-13-21(20)30(28-22)18-19-10-7-6-8-11-19/h6-8,10-11,23,31H,5,9,12-18H2,1-4H3. The van der Waals surface area contributed by atoms with Crippen LogP contribution in [-0.2, 0) is 33.7 Å². The number of piperidine rings is 1. The van der Waals surface area contributed by atoms with Crippen LogP contribution < -0.4 is 0 Å². The summed E-state index contributed by atoms with van der Waals surface area (Å²) in [5.74, 6) is -0.430. The number of aliphatic hydroxyl groups excluding tert-OH is 1. The third-order valence-corrected chi connectivity index (χ3v) is 6.98. The number of nitrogens with zero attached hydrogens (tertiary/aromatic N) is 3. The lowest BCUT2D eigenvalue weighted by atomic mass is 9.72. The van der Waals surface area contributed by atoms with Gasteiger partial charge in [-0.15, -0.1) is 0 Å². The summed E-state index contributed by atoms with van der Waals surface area (Å²) < 4.78 is 12.9. The number of ether oxygens (including phenoxy) is 2. The number of rotatable bonds is 6. The van der Waals surface area contributed by atoms with Crippen molar-refractivity contribution in [3.05, 3.63) is 52.8 Å². The van der Waals surface area contributed by atoms with E-state index >= 15 is 0 Å². The Labute approximate surface area is 207 Å². The maximum Gasteiger partial charge on any atom is 0.410 e. The summed E-state index contributed by atoms with van der Waals surface area (Å²) in [6, 6.07) is 10.1. The van der Waals surface area contributed by atoms with Crippen molar-refractivity contribution in [1.29, 1.82) is 0 Å². The predicted molar refractivity (Wildman–Crippen MR) is 131 cm³/mol. The molecule has 0 saturated carbocycles. The molecule has 2 aliphatic rings. The van der Waals surface area contributed by atoms with Crippen LogP contribution >= 0.6 is 0 Å². The first-order chi connectivity index (χ1) is 16.6. The molecular formula is C27H37N3O5. The Hall–Kier alpha value is -2.87. The fourth-order valence-corrected chi connectivity index (χ4v) is 5.19. The summed E-state index contributed by atoms with van der Waals surface area (Å²) in [4.78, 5) is 27.5. The van der Waals surface area contributed by atoms with Crippen molar-refractivity contribution in [2.45, 2.75) is 78.0 Å². The molecule has 8 nitrogen and oxygen atoms in total. The maximum atomic E-state index is 13.3. The third kappa shape index (κ3) is 5.22. The lowest BCUT2D eigenvalue weighted by molar-refractivity contribution is -0.169. The summed E-state index contributed by atoms with van der Waals surface area (Å²) in [6.07, 6.45) is 1.79. The summed E-state index contributed by atoms with van der Waals surface area (Å²) in [5.41, 5.74) is 2.14. The summed E-state index contributed by atoms with van der Waals surface area (Å²) >= 11 is 0. The predicted octanol–water partition coefficient (Wildman–Crippen LogP) is 4.03. The van der Waals surface area contributed by atoms with Crippen LogP contribution in [0, 0.1) is 5.41 Å². The van der Waals surface area contributed by atoms with Crippen LogP contribution in [0.3, 0.4) is 0 Å². The molecule has 35 heavy (non-hydrogen) atoms. The van der Waals surface area contributed by atoms with Crippen LogP contribution in [0.5, 0.6) is 0 Å². The van der Waals surface area contributed by atoms with E-state index in [0.717, 1.165) is 36.1 Å². The minimum absolute atomic E-state index is 0.226. The Balaban J connectivity index is 1.61. The zero-order valence-corrected chi connectivity index (χ0v) is 21.2. The Bertz CT molecular complexity index is 1050. The molecule has 4 rings (SSSR count). The first-order valence-corrected chi connectivity index (χ1v) is 12.6. The van der Waals surface area contributed by atoms with Gasteiger partial charge in [-0.1, -0.05) is 30.3 Å². The molecule has 1 N–H and O–H groups in total. The van der Waals surface area contributed by atoms with Crippen molar-refractivity contribution in [2.24, 2.45) is 5.41 Å². The number of amides is 1. The van der Waals surface area contributed by atoms with Crippen molar-refractivity contribution >= 4 is 12.1 Å². The Morgan fingerprint density at radius 2 is 1.83 bits per heavy atom. The molecule has 1 aromatic carbocycles. The smallest absolute Gasteiger partial charge is 0.410 e. The van der Waals surface area contributed by atoms with Crippen LogP contribution in [-0.4, -0.2) is 57.1 Å². The van der Waals surface area contributed by atoms with E-state index in [9.17, 15) is 14.7 Å². The summed E-state index contributed by atoms with van der Waals surface area (Å²) in [5, 5.41) is 16.6. The van der Waals surface area contributed by atoms with Gasteiger partial charge in [0.1, 0.15) is 17.1 Å². The molecule has 2 heterocycles. The first kappa shape index (κ1) is 25.2. The third-order valence-electron chi connectivity index (χ3n) is 6.98. The Kier molecular flexibility index (Phi) is 7.22. The molecule has 1 fully saturated rings. The minimum atomic E-state index is -1.16. The normalized spacial score (nSPS) is 18.1. The lowest BCUT2D eigenvalue weighted by Gasteiger charge is -2.42. The Morgan fingerprint density at radius 3 is 2.46 bits per heavy atom. The van der Waals surface area contributed by atoms with Gasteiger partial charge in [0.2, 0.25) is 0 Å². The van der Waals surface area contributed by atoms with Gasteiger partial charge in [0.05, 0.1) is 18.8 Å². The molecule has 1 aliphatic carbocycles. The van der Waals surface area contributed by atoms with E-state index in [1.165, 1.54) is 0 Å². The average molecular weight is 484 g/mol. The second-order valence-corrected chi connectivity index (χ2v) is 10.6. The highest BCUT2D eigenvalue weighted by molar-refractivity contribution is 5.79. The van der Waals surface area contributed by atoms with Gasteiger partial charge in [0.15, 0.2) is 0 Å². The second-order valence-electron chi connectivity index (χ2n) is 10.6. The maximum absolute atomic E-state index is 13.3. The number of aromatic nitrogens is 2. The van der Waals surface area contributed by atoms with Crippen molar-refractivity contribution < 1.29 is 24.2 Å². The van der Waals surface area contributed by atoms with E-state index in [-0.39, 0.29) is 19.4 Å². The van der Waals surface area contributed by atoms with Gasteiger partial charge in [-0.05, 0) is 70.9 Å². The zero-order chi connectivity index (χ0) is 25.2. The van der Waals surface area contributed by atoms with Gasteiger partial charge in [0.25, 0.3) is 0 Å². The van der Waals surface area contributed by atoms with E-state index in [0.29, 0.717) is 25.3 Å². The van der Waals surface area contributed by atoms with Gasteiger partial charge in [0, 0.05) is 18.8 Å². The molecule has 0 radical (unpaired) electrons. The number of aliphatic hydroxyl groups is 1. The molecule has 0 bridgehead atoms. The average Bonchev–Trinajstić information content (AvgIpc) is 3.42. The summed E-state index contributed by atoms with van der Waals surface area (Å²) in [6.45, 7) is 8.70. The van der Waals surface area contributed by atoms with Gasteiger partial charge < -0.3 is 19.5 Å². The molecular weight excluding hydrogens is 446 g/mol. The van der Waals surface area contributed by atoms with Crippen molar-refractivity contribution in [3.8, 4) is 0 Å². The number of benzene rings is 1. The second kappa shape index (κ2) is 10.0. The van der Waals surface area contributed by atoms with Gasteiger partial charge in [-0.25, -0.2) is 4.79 Å². The van der Waals surface area contributed by atoms with Gasteiger partial charge in [-0.2, -0.15) is 5.10 Å². The fraction of sp³-hybridized carbons (Fsp3) is 0.593. The van der Waals surface area contributed by atoms with Crippen LogP contribution in [0.2, 0.25) is 0 Å². The minimum Gasteiger partial charge on any atom is -0.465 e. The molecule has 1 aliphatic heterocycles. The molecule has 2 aromatic rings. The molecule has 1 aromatic heterocycles. The van der Waals surface area contributed by atoms with Gasteiger partial charge >= 0.3 is 12.1 Å². The molecule has 8 heteroatoms. The van der Waals surface area contributed by atoms with E-state index in [2.05, 4.69) is 12.1 Å². The number of esters is 1. The number of fused-ring (bicyclic) bond motifs is 1. The quantitative estimate of drug-likeness (QED) is 0.624. The highest BCUT2D eigenvalue weighted by atomic mass is 16.6. The van der Waals surface area contributed by atoms with E-state index in [1.54, 1.807) is 11.8 Å². The highest BCUT2D eigenvalue weighted by Gasteiger charge is 2.52. The first-order valence-electron chi connectivity index (χ1n) is 12.6. The fourth-order valence-electron chi connectivity index (χ4n) is 5.19. The number of hydrogen-bond donors (Lipinski definition) is 1. The highest BCUT2D eigenvalue weighted by Crippen LogP contribution is 2.46. The Morgan fingerprint density at radius 1 is 1.14 bits per heavy atom. The van der Waals surface area contributed by atoms with E-state index in [1.807, 2.05) is 43.7 Å². The zero-order valence-electron chi connectivity index (χ0n) is 21.2. The monoisotopic (exact) mass is 483 g/mol. The SMILES string of the molecule is CCOC(=O)C1(C(O)c2nn(Cc3ccccc3)c3c2CCC3)CCN(C(=O)OC(C)(C)C)CC1.